The molecule has 1 aliphatic rings. The van der Waals surface area contributed by atoms with Gasteiger partial charge in [-0.2, -0.15) is 0 Å². The number of aromatic amines is 1. The number of amides is 2. The number of hydrogen-bond acceptors (Lipinski definition) is 5. The molecule has 0 aliphatic heterocycles. The monoisotopic (exact) mass is 426 g/mol. The molecule has 1 aromatic carbocycles. The predicted molar refractivity (Wildman–Crippen MR) is 118 cm³/mol. The third-order valence-corrected chi connectivity index (χ3v) is 6.75. The minimum Gasteiger partial charge on any atom is -0.397 e. The van der Waals surface area contributed by atoms with Crippen molar-refractivity contribution < 1.29 is 14.3 Å². The van der Waals surface area contributed by atoms with Crippen molar-refractivity contribution >= 4 is 34.2 Å². The highest BCUT2D eigenvalue weighted by molar-refractivity contribution is 7.17. The van der Waals surface area contributed by atoms with Crippen molar-refractivity contribution in [3.05, 3.63) is 36.2 Å². The molecule has 1 fully saturated rings. The number of fused-ring (bicyclic) bond motifs is 1. The average Bonchev–Trinajstić information content (AvgIpc) is 3.47. The topological polar surface area (TPSA) is 87.3 Å². The van der Waals surface area contributed by atoms with Crippen LogP contribution < -0.4 is 10.1 Å². The highest BCUT2D eigenvalue weighted by atomic mass is 32.1. The molecule has 7 nitrogen and oxygen atoms in total. The molecule has 2 amide bonds. The Morgan fingerprint density at radius 3 is 2.97 bits per heavy atom. The van der Waals surface area contributed by atoms with Crippen LogP contribution in [0.4, 0.5) is 4.79 Å². The quantitative estimate of drug-likeness (QED) is 0.630. The van der Waals surface area contributed by atoms with Crippen molar-refractivity contribution in [1.29, 1.82) is 0 Å². The van der Waals surface area contributed by atoms with Crippen molar-refractivity contribution in [2.24, 2.45) is 0 Å². The molecule has 30 heavy (non-hydrogen) atoms. The Morgan fingerprint density at radius 1 is 1.33 bits per heavy atom. The lowest BCUT2D eigenvalue weighted by Gasteiger charge is -2.23. The second kappa shape index (κ2) is 8.47. The summed E-state index contributed by atoms with van der Waals surface area (Å²) in [5.74, 6) is 0.0523. The van der Waals surface area contributed by atoms with E-state index in [-0.39, 0.29) is 24.1 Å². The van der Waals surface area contributed by atoms with Gasteiger partial charge in [-0.05, 0) is 50.5 Å². The Balaban J connectivity index is 1.41. The van der Waals surface area contributed by atoms with Crippen LogP contribution in [0.1, 0.15) is 38.3 Å². The summed E-state index contributed by atoms with van der Waals surface area (Å²) in [7, 11) is 1.76. The molecule has 0 unspecified atom stereocenters. The lowest BCUT2D eigenvalue weighted by atomic mass is 10.2. The van der Waals surface area contributed by atoms with E-state index in [0.717, 1.165) is 40.7 Å². The molecule has 0 bridgehead atoms. The summed E-state index contributed by atoms with van der Waals surface area (Å²) < 4.78 is 5.68. The van der Waals surface area contributed by atoms with Gasteiger partial charge in [0.15, 0.2) is 0 Å². The molecule has 0 radical (unpaired) electrons. The van der Waals surface area contributed by atoms with Gasteiger partial charge in [0.25, 0.3) is 0 Å². The van der Waals surface area contributed by atoms with Crippen LogP contribution in [0.3, 0.4) is 0 Å². The van der Waals surface area contributed by atoms with Crippen LogP contribution >= 0.6 is 11.3 Å². The number of nitrogens with zero attached hydrogens (tertiary/aromatic N) is 2. The van der Waals surface area contributed by atoms with Crippen LogP contribution in [0.2, 0.25) is 0 Å². The molecule has 0 spiro atoms. The van der Waals surface area contributed by atoms with E-state index >= 15 is 0 Å². The number of aryl methyl sites for hydroxylation is 1. The maximum Gasteiger partial charge on any atom is 0.416 e. The third-order valence-electron chi connectivity index (χ3n) is 5.66. The molecule has 2 atom stereocenters. The van der Waals surface area contributed by atoms with Crippen molar-refractivity contribution in [3.63, 3.8) is 0 Å². The minimum atomic E-state index is -0.387. The van der Waals surface area contributed by atoms with E-state index in [9.17, 15) is 9.59 Å². The summed E-state index contributed by atoms with van der Waals surface area (Å²) in [4.78, 5) is 33.7. The molecule has 1 aliphatic carbocycles. The number of carbonyl (C=O) groups excluding carboxylic acids is 2. The van der Waals surface area contributed by atoms with Gasteiger partial charge >= 0.3 is 6.09 Å². The van der Waals surface area contributed by atoms with Crippen LogP contribution in [0, 0.1) is 6.92 Å². The number of nitrogens with one attached hydrogen (secondary N) is 2. The second-order valence-corrected chi connectivity index (χ2v) is 8.70. The summed E-state index contributed by atoms with van der Waals surface area (Å²) in [6.45, 7) is 3.69. The molecule has 2 aromatic heterocycles. The van der Waals surface area contributed by atoms with Crippen molar-refractivity contribution in [1.82, 2.24) is 20.2 Å². The molecule has 158 valence electrons. The highest BCUT2D eigenvalue weighted by Gasteiger charge is 2.31. The lowest BCUT2D eigenvalue weighted by Crippen LogP contribution is -2.39. The average molecular weight is 427 g/mol. The number of hydrogen-bond donors (Lipinski definition) is 2. The zero-order valence-corrected chi connectivity index (χ0v) is 18.2. The second-order valence-electron chi connectivity index (χ2n) is 7.74. The van der Waals surface area contributed by atoms with Gasteiger partial charge in [0.05, 0.1) is 5.69 Å². The predicted octanol–water partition coefficient (Wildman–Crippen LogP) is 4.48. The van der Waals surface area contributed by atoms with Gasteiger partial charge in [0.2, 0.25) is 11.0 Å². The number of aromatic nitrogens is 2. The van der Waals surface area contributed by atoms with E-state index in [1.165, 1.54) is 11.3 Å². The molecular weight excluding hydrogens is 400 g/mol. The van der Waals surface area contributed by atoms with Crippen molar-refractivity contribution in [3.8, 4) is 15.6 Å². The maximum absolute atomic E-state index is 12.7. The molecule has 2 heterocycles. The lowest BCUT2D eigenvalue weighted by molar-refractivity contribution is -0.121. The zero-order chi connectivity index (χ0) is 21.3. The molecule has 8 heteroatoms. The normalized spacial score (nSPS) is 18.5. The van der Waals surface area contributed by atoms with Crippen LogP contribution in [-0.4, -0.2) is 46.0 Å². The fraction of sp³-hybridized carbons (Fsp3) is 0.409. The van der Waals surface area contributed by atoms with E-state index in [1.54, 1.807) is 11.9 Å². The molecule has 3 aromatic rings. The number of thiazole rings is 1. The van der Waals surface area contributed by atoms with E-state index in [0.29, 0.717) is 17.2 Å². The van der Waals surface area contributed by atoms with E-state index in [4.69, 9.17) is 4.74 Å². The van der Waals surface area contributed by atoms with Crippen LogP contribution in [0.25, 0.3) is 21.5 Å². The van der Waals surface area contributed by atoms with Crippen LogP contribution in [0.5, 0.6) is 5.06 Å². The minimum absolute atomic E-state index is 0.0523. The summed E-state index contributed by atoms with van der Waals surface area (Å²) >= 11 is 1.38. The standard InChI is InChI=1S/C22H26N4O3S/c1-4-19(27)25-16-6-7-17(12-16)26(3)22(28)29-21-13(2)24-20(30-21)15-5-8-18-14(11-15)9-10-23-18/h5,8-11,16-17,23H,4,6-7,12H2,1-3H3,(H,25,27)/t16-,17+/m0/s1. The Morgan fingerprint density at radius 2 is 2.17 bits per heavy atom. The number of carbonyl (C=O) groups is 2. The molecular formula is C22H26N4O3S. The fourth-order valence-electron chi connectivity index (χ4n) is 3.86. The Hall–Kier alpha value is -2.87. The largest absolute Gasteiger partial charge is 0.416 e. The fourth-order valence-corrected chi connectivity index (χ4v) is 4.77. The van der Waals surface area contributed by atoms with E-state index in [2.05, 4.69) is 21.4 Å². The molecule has 1 saturated carbocycles. The highest BCUT2D eigenvalue weighted by Crippen LogP contribution is 2.35. The molecule has 0 saturated heterocycles. The summed E-state index contributed by atoms with van der Waals surface area (Å²) in [6.07, 6.45) is 4.47. The van der Waals surface area contributed by atoms with Gasteiger partial charge in [-0.3, -0.25) is 4.79 Å². The maximum atomic E-state index is 12.7. The first-order valence-electron chi connectivity index (χ1n) is 10.2. The first-order valence-corrected chi connectivity index (χ1v) is 11.0. The first kappa shape index (κ1) is 20.4. The van der Waals surface area contributed by atoms with Gasteiger partial charge < -0.3 is 19.9 Å². The SMILES string of the molecule is CCC(=O)N[C@H]1CC[C@@H](N(C)C(=O)Oc2sc(-c3ccc4[nH]ccc4c3)nc2C)C1. The van der Waals surface area contributed by atoms with Crippen LogP contribution in [0.15, 0.2) is 30.5 Å². The van der Waals surface area contributed by atoms with E-state index < -0.39 is 0 Å². The number of H-pyrrole nitrogens is 1. The van der Waals surface area contributed by atoms with Gasteiger partial charge in [-0.15, -0.1) is 0 Å². The summed E-state index contributed by atoms with van der Waals surface area (Å²) in [5.41, 5.74) is 2.77. The molecule has 2 N–H and O–H groups in total. The Kier molecular flexibility index (Phi) is 5.76. The molecule has 4 rings (SSSR count). The van der Waals surface area contributed by atoms with Crippen molar-refractivity contribution in [2.45, 2.75) is 51.6 Å². The summed E-state index contributed by atoms with van der Waals surface area (Å²) in [5, 5.41) is 5.47. The van der Waals surface area contributed by atoms with Crippen LogP contribution in [-0.2, 0) is 4.79 Å². The summed E-state index contributed by atoms with van der Waals surface area (Å²) in [6, 6.07) is 8.31. The Bertz CT molecular complexity index is 1070. The third kappa shape index (κ3) is 4.18. The Labute approximate surface area is 179 Å². The smallest absolute Gasteiger partial charge is 0.397 e. The van der Waals surface area contributed by atoms with Gasteiger partial charge in [0.1, 0.15) is 5.01 Å². The van der Waals surface area contributed by atoms with E-state index in [1.807, 2.05) is 38.2 Å². The number of rotatable bonds is 5. The van der Waals surface area contributed by atoms with Crippen molar-refractivity contribution in [2.75, 3.05) is 7.05 Å². The zero-order valence-electron chi connectivity index (χ0n) is 17.4. The van der Waals surface area contributed by atoms with Gasteiger partial charge in [-0.1, -0.05) is 18.3 Å². The van der Waals surface area contributed by atoms with Gasteiger partial charge in [0, 0.05) is 48.2 Å². The first-order chi connectivity index (χ1) is 14.4. The van der Waals surface area contributed by atoms with Gasteiger partial charge in [-0.25, -0.2) is 9.78 Å². The number of ether oxygens (including phenoxy) is 1. The number of benzene rings is 1.